The summed E-state index contributed by atoms with van der Waals surface area (Å²) in [5, 5.41) is -0.388. The number of amides is 2. The van der Waals surface area contributed by atoms with Gasteiger partial charge in [0.2, 0.25) is 0 Å². The van der Waals surface area contributed by atoms with E-state index in [0.29, 0.717) is 17.3 Å². The maximum atomic E-state index is 12.7. The third-order valence-corrected chi connectivity index (χ3v) is 5.51. The van der Waals surface area contributed by atoms with Crippen LogP contribution in [0.15, 0.2) is 47.4 Å². The number of halogens is 1. The highest BCUT2D eigenvalue weighted by molar-refractivity contribution is 8.18. The smallest absolute Gasteiger partial charge is 0.345 e. The molecule has 0 radical (unpaired) electrons. The van der Waals surface area contributed by atoms with E-state index in [1.807, 2.05) is 0 Å². The normalized spacial score (nSPS) is 14.6. The summed E-state index contributed by atoms with van der Waals surface area (Å²) < 4.78 is 15.6. The molecule has 2 aromatic carbocycles. The van der Waals surface area contributed by atoms with Crippen LogP contribution >= 0.6 is 23.4 Å². The van der Waals surface area contributed by atoms with Crippen molar-refractivity contribution in [3.63, 3.8) is 0 Å². The van der Waals surface area contributed by atoms with Crippen LogP contribution in [0.1, 0.15) is 22.8 Å². The minimum atomic E-state index is -0.717. The Morgan fingerprint density at radius 2 is 1.88 bits per heavy atom. The van der Waals surface area contributed by atoms with Gasteiger partial charge < -0.3 is 14.2 Å². The molecule has 0 unspecified atom stereocenters. The van der Waals surface area contributed by atoms with Crippen LogP contribution < -0.4 is 9.47 Å². The number of imide groups is 1. The van der Waals surface area contributed by atoms with Crippen LogP contribution in [0, 0.1) is 0 Å². The van der Waals surface area contributed by atoms with Gasteiger partial charge in [-0.05, 0) is 43.0 Å². The molecule has 32 heavy (non-hydrogen) atoms. The molecule has 0 saturated carbocycles. The fourth-order valence-electron chi connectivity index (χ4n) is 2.80. The molecule has 1 fully saturated rings. The fraction of sp³-hybridized carbons (Fsp3) is 0.182. The van der Waals surface area contributed by atoms with E-state index in [1.54, 1.807) is 43.3 Å². The summed E-state index contributed by atoms with van der Waals surface area (Å²) in [6.45, 7) is 1.27. The number of hydrogen-bond donors (Lipinski definition) is 0. The molecule has 0 spiro atoms. The highest BCUT2D eigenvalue weighted by atomic mass is 35.5. The minimum Gasteiger partial charge on any atom is -0.493 e. The predicted molar refractivity (Wildman–Crippen MR) is 119 cm³/mol. The first-order valence-electron chi connectivity index (χ1n) is 9.40. The van der Waals surface area contributed by atoms with Crippen molar-refractivity contribution in [2.75, 3.05) is 20.3 Å². The lowest BCUT2D eigenvalue weighted by Crippen LogP contribution is -2.34. The Morgan fingerprint density at radius 3 is 2.56 bits per heavy atom. The topological polar surface area (TPSA) is 99.2 Å². The standard InChI is InChI=1S/C22H18ClNO7S/c1-3-30-18(25)12-24-20(26)17(32-22(24)28)11-13-7-6-10-16(29-2)19(13)31-21(27)14-8-4-5-9-15(14)23/h4-11H,3,12H2,1-2H3/b17-11-. The molecule has 166 valence electrons. The summed E-state index contributed by atoms with van der Waals surface area (Å²) in [5.74, 6) is -1.77. The molecule has 2 aromatic rings. The first kappa shape index (κ1) is 23.4. The molecule has 1 aliphatic rings. The van der Waals surface area contributed by atoms with Gasteiger partial charge in [0.1, 0.15) is 6.54 Å². The van der Waals surface area contributed by atoms with E-state index in [0.717, 1.165) is 4.90 Å². The van der Waals surface area contributed by atoms with Crippen molar-refractivity contribution in [2.45, 2.75) is 6.92 Å². The molecule has 0 bridgehead atoms. The molecular formula is C22H18ClNO7S. The highest BCUT2D eigenvalue weighted by Gasteiger charge is 2.37. The molecule has 10 heteroatoms. The summed E-state index contributed by atoms with van der Waals surface area (Å²) in [6.07, 6.45) is 1.40. The third kappa shape index (κ3) is 5.12. The average molecular weight is 476 g/mol. The SMILES string of the molecule is CCOC(=O)CN1C(=O)S/C(=C\c2cccc(OC)c2OC(=O)c2ccccc2Cl)C1=O. The van der Waals surface area contributed by atoms with Crippen LogP contribution in [0.2, 0.25) is 5.02 Å². The van der Waals surface area contributed by atoms with Crippen molar-refractivity contribution in [3.05, 3.63) is 63.5 Å². The van der Waals surface area contributed by atoms with Gasteiger partial charge in [-0.3, -0.25) is 19.3 Å². The minimum absolute atomic E-state index is 0.0529. The van der Waals surface area contributed by atoms with E-state index in [4.69, 9.17) is 25.8 Å². The molecule has 0 N–H and O–H groups in total. The summed E-state index contributed by atoms with van der Waals surface area (Å²) >= 11 is 6.74. The largest absolute Gasteiger partial charge is 0.493 e. The Bertz CT molecular complexity index is 1120. The van der Waals surface area contributed by atoms with Crippen molar-refractivity contribution >= 4 is 52.5 Å². The Labute approximate surface area is 193 Å². The van der Waals surface area contributed by atoms with Gasteiger partial charge in [0, 0.05) is 5.56 Å². The zero-order valence-electron chi connectivity index (χ0n) is 17.1. The van der Waals surface area contributed by atoms with Crippen LogP contribution in [0.25, 0.3) is 6.08 Å². The van der Waals surface area contributed by atoms with E-state index in [9.17, 15) is 19.2 Å². The molecule has 2 amide bonds. The number of thioether (sulfide) groups is 1. The van der Waals surface area contributed by atoms with Crippen LogP contribution in [0.3, 0.4) is 0 Å². The summed E-state index contributed by atoms with van der Waals surface area (Å²) in [7, 11) is 1.40. The van der Waals surface area contributed by atoms with Crippen molar-refractivity contribution in [3.8, 4) is 11.5 Å². The maximum absolute atomic E-state index is 12.7. The Hall–Kier alpha value is -3.30. The number of methoxy groups -OCH3 is 1. The lowest BCUT2D eigenvalue weighted by Gasteiger charge is -2.13. The molecule has 0 aliphatic carbocycles. The number of carbonyl (C=O) groups excluding carboxylic acids is 4. The number of ether oxygens (including phenoxy) is 3. The molecule has 1 saturated heterocycles. The first-order chi connectivity index (χ1) is 15.3. The van der Waals surface area contributed by atoms with Crippen molar-refractivity contribution in [1.29, 1.82) is 0 Å². The van der Waals surface area contributed by atoms with Crippen molar-refractivity contribution in [2.24, 2.45) is 0 Å². The van der Waals surface area contributed by atoms with E-state index < -0.39 is 29.6 Å². The van der Waals surface area contributed by atoms with Gasteiger partial charge in [0.05, 0.1) is 29.2 Å². The quantitative estimate of drug-likeness (QED) is 0.334. The Morgan fingerprint density at radius 1 is 1.12 bits per heavy atom. The molecule has 1 aliphatic heterocycles. The zero-order valence-corrected chi connectivity index (χ0v) is 18.7. The molecule has 3 rings (SSSR count). The molecule has 0 aromatic heterocycles. The van der Waals surface area contributed by atoms with E-state index in [1.165, 1.54) is 19.3 Å². The van der Waals surface area contributed by atoms with Gasteiger partial charge in [-0.2, -0.15) is 0 Å². The van der Waals surface area contributed by atoms with E-state index in [-0.39, 0.29) is 33.6 Å². The van der Waals surface area contributed by atoms with Crippen LogP contribution in [-0.4, -0.2) is 48.2 Å². The molecule has 0 atom stereocenters. The van der Waals surface area contributed by atoms with Gasteiger partial charge >= 0.3 is 11.9 Å². The molecule has 1 heterocycles. The lowest BCUT2D eigenvalue weighted by atomic mass is 10.1. The number of rotatable bonds is 7. The summed E-state index contributed by atoms with van der Waals surface area (Å²) in [5.41, 5.74) is 0.479. The molecular weight excluding hydrogens is 458 g/mol. The van der Waals surface area contributed by atoms with Gasteiger partial charge in [0.25, 0.3) is 11.1 Å². The van der Waals surface area contributed by atoms with Crippen LogP contribution in [0.5, 0.6) is 11.5 Å². The first-order valence-corrected chi connectivity index (χ1v) is 10.6. The van der Waals surface area contributed by atoms with Crippen molar-refractivity contribution in [1.82, 2.24) is 4.90 Å². The number of nitrogens with zero attached hydrogens (tertiary/aromatic N) is 1. The number of benzene rings is 2. The Balaban J connectivity index is 1.92. The van der Waals surface area contributed by atoms with Gasteiger partial charge in [-0.25, -0.2) is 4.79 Å². The van der Waals surface area contributed by atoms with Crippen LogP contribution in [0.4, 0.5) is 4.79 Å². The second-order valence-corrected chi connectivity index (χ2v) is 7.72. The van der Waals surface area contributed by atoms with E-state index >= 15 is 0 Å². The second-order valence-electron chi connectivity index (χ2n) is 6.32. The second kappa shape index (κ2) is 10.3. The van der Waals surface area contributed by atoms with Gasteiger partial charge in [-0.15, -0.1) is 0 Å². The number of para-hydroxylation sites is 1. The highest BCUT2D eigenvalue weighted by Crippen LogP contribution is 2.38. The number of hydrogen-bond acceptors (Lipinski definition) is 8. The zero-order chi connectivity index (χ0) is 23.3. The Kier molecular flexibility index (Phi) is 7.55. The average Bonchev–Trinajstić information content (AvgIpc) is 3.02. The van der Waals surface area contributed by atoms with Crippen LogP contribution in [-0.2, 0) is 14.3 Å². The summed E-state index contributed by atoms with van der Waals surface area (Å²) in [4.78, 5) is 50.1. The third-order valence-electron chi connectivity index (χ3n) is 4.27. The predicted octanol–water partition coefficient (Wildman–Crippen LogP) is 4.17. The van der Waals surface area contributed by atoms with Crippen molar-refractivity contribution < 1.29 is 33.4 Å². The summed E-state index contributed by atoms with van der Waals surface area (Å²) in [6, 6.07) is 11.2. The number of carbonyl (C=O) groups is 4. The lowest BCUT2D eigenvalue weighted by molar-refractivity contribution is -0.145. The van der Waals surface area contributed by atoms with Gasteiger partial charge in [-0.1, -0.05) is 35.9 Å². The maximum Gasteiger partial charge on any atom is 0.345 e. The van der Waals surface area contributed by atoms with Gasteiger partial charge in [0.15, 0.2) is 11.5 Å². The number of esters is 2. The fourth-order valence-corrected chi connectivity index (χ4v) is 3.85. The molecule has 8 nitrogen and oxygen atoms in total. The van der Waals surface area contributed by atoms with E-state index in [2.05, 4.69) is 0 Å². The monoisotopic (exact) mass is 475 g/mol.